The van der Waals surface area contributed by atoms with E-state index in [1.165, 1.54) is 19.9 Å². The van der Waals surface area contributed by atoms with Crippen LogP contribution in [0.3, 0.4) is 0 Å². The minimum Gasteiger partial charge on any atom is -0.395 e. The Balaban J connectivity index is 2.64. The number of anilines is 1. The molecule has 6 heteroatoms. The van der Waals surface area contributed by atoms with Crippen LogP contribution in [-0.2, 0) is 9.59 Å². The van der Waals surface area contributed by atoms with Crippen LogP contribution in [0, 0.1) is 0 Å². The lowest BCUT2D eigenvalue weighted by atomic mass is 10.1. The average molecular weight is 290 g/mol. The highest BCUT2D eigenvalue weighted by Gasteiger charge is 2.06. The number of carbonyl (C=O) groups is 3. The maximum atomic E-state index is 11.7. The zero-order chi connectivity index (χ0) is 15.8. The second-order valence-corrected chi connectivity index (χ2v) is 4.43. The van der Waals surface area contributed by atoms with E-state index in [4.69, 9.17) is 5.11 Å². The highest BCUT2D eigenvalue weighted by atomic mass is 16.3. The van der Waals surface area contributed by atoms with E-state index in [2.05, 4.69) is 10.6 Å². The molecule has 0 saturated heterocycles. The smallest absolute Gasteiger partial charge is 0.248 e. The van der Waals surface area contributed by atoms with E-state index < -0.39 is 11.8 Å². The fourth-order valence-electron chi connectivity index (χ4n) is 1.54. The van der Waals surface area contributed by atoms with Crippen LogP contribution in [-0.4, -0.2) is 35.9 Å². The van der Waals surface area contributed by atoms with E-state index in [1.54, 1.807) is 24.3 Å². The van der Waals surface area contributed by atoms with Gasteiger partial charge in [-0.25, -0.2) is 0 Å². The Morgan fingerprint density at radius 2 is 1.76 bits per heavy atom. The van der Waals surface area contributed by atoms with Gasteiger partial charge >= 0.3 is 0 Å². The zero-order valence-corrected chi connectivity index (χ0v) is 12.0. The molecule has 0 unspecified atom stereocenters. The highest BCUT2D eigenvalue weighted by Crippen LogP contribution is 2.10. The van der Waals surface area contributed by atoms with Crippen LogP contribution in [0.2, 0.25) is 0 Å². The molecule has 0 fully saturated rings. The van der Waals surface area contributed by atoms with E-state index in [0.717, 1.165) is 0 Å². The fourth-order valence-corrected chi connectivity index (χ4v) is 1.54. The molecule has 0 aliphatic heterocycles. The van der Waals surface area contributed by atoms with E-state index >= 15 is 0 Å². The summed E-state index contributed by atoms with van der Waals surface area (Å²) in [5.74, 6) is -0.905. The zero-order valence-electron chi connectivity index (χ0n) is 12.0. The first kappa shape index (κ1) is 16.6. The lowest BCUT2D eigenvalue weighted by Gasteiger charge is -2.05. The predicted octanol–water partition coefficient (Wildman–Crippen LogP) is 0.882. The molecule has 0 atom stereocenters. The van der Waals surface area contributed by atoms with Crippen LogP contribution >= 0.6 is 0 Å². The van der Waals surface area contributed by atoms with E-state index in [9.17, 15) is 14.4 Å². The van der Waals surface area contributed by atoms with Gasteiger partial charge in [-0.1, -0.05) is 0 Å². The summed E-state index contributed by atoms with van der Waals surface area (Å²) in [6, 6.07) is 6.46. The number of aliphatic hydroxyl groups is 1. The van der Waals surface area contributed by atoms with Gasteiger partial charge in [-0.05, 0) is 38.1 Å². The summed E-state index contributed by atoms with van der Waals surface area (Å²) in [5.41, 5.74) is 1.33. The summed E-state index contributed by atoms with van der Waals surface area (Å²) < 4.78 is 0. The molecular formula is C15H18N2O4. The van der Waals surface area contributed by atoms with E-state index in [0.29, 0.717) is 11.3 Å². The van der Waals surface area contributed by atoms with Gasteiger partial charge in [0.15, 0.2) is 5.78 Å². The third-order valence-electron chi connectivity index (χ3n) is 2.66. The standard InChI is InChI=1S/C15H18N2O4/c1-10(15(21)16-7-8-18)9-14(20)17-13-5-3-12(4-6-13)11(2)19/h3-6,9,18H,7-8H2,1-2H3,(H,16,21)(H,17,20)/b10-9-. The van der Waals surface area contributed by atoms with Crippen LogP contribution in [0.15, 0.2) is 35.9 Å². The molecule has 0 saturated carbocycles. The highest BCUT2D eigenvalue weighted by molar-refractivity contribution is 6.06. The molecule has 2 amide bonds. The van der Waals surface area contributed by atoms with Gasteiger partial charge in [-0.15, -0.1) is 0 Å². The van der Waals surface area contributed by atoms with Gasteiger partial charge in [0.2, 0.25) is 11.8 Å². The molecule has 0 aliphatic carbocycles. The van der Waals surface area contributed by atoms with Gasteiger partial charge in [-0.2, -0.15) is 0 Å². The number of benzene rings is 1. The molecule has 1 aromatic carbocycles. The molecule has 6 nitrogen and oxygen atoms in total. The first-order valence-electron chi connectivity index (χ1n) is 6.43. The second-order valence-electron chi connectivity index (χ2n) is 4.43. The quantitative estimate of drug-likeness (QED) is 0.535. The summed E-state index contributed by atoms with van der Waals surface area (Å²) >= 11 is 0. The van der Waals surface area contributed by atoms with Crippen molar-refractivity contribution in [3.63, 3.8) is 0 Å². The van der Waals surface area contributed by atoms with Crippen molar-refractivity contribution in [1.82, 2.24) is 5.32 Å². The van der Waals surface area contributed by atoms with E-state index in [1.807, 2.05) is 0 Å². The van der Waals surface area contributed by atoms with Gasteiger partial charge in [0, 0.05) is 29.4 Å². The maximum Gasteiger partial charge on any atom is 0.248 e. The summed E-state index contributed by atoms with van der Waals surface area (Å²) in [6.07, 6.45) is 1.17. The van der Waals surface area contributed by atoms with Crippen molar-refractivity contribution >= 4 is 23.3 Å². The number of aliphatic hydroxyl groups excluding tert-OH is 1. The number of Topliss-reactive ketones (excluding diaryl/α,β-unsaturated/α-hetero) is 1. The molecule has 1 rings (SSSR count). The van der Waals surface area contributed by atoms with Gasteiger partial charge in [0.05, 0.1) is 6.61 Å². The van der Waals surface area contributed by atoms with Crippen molar-refractivity contribution in [2.45, 2.75) is 13.8 Å². The van der Waals surface area contributed by atoms with E-state index in [-0.39, 0.29) is 24.5 Å². The lowest BCUT2D eigenvalue weighted by Crippen LogP contribution is -2.27. The van der Waals surface area contributed by atoms with Gasteiger partial charge < -0.3 is 15.7 Å². The Morgan fingerprint density at radius 1 is 1.14 bits per heavy atom. The van der Waals surface area contributed by atoms with Gasteiger partial charge in [-0.3, -0.25) is 14.4 Å². The van der Waals surface area contributed by atoms with Crippen molar-refractivity contribution in [2.75, 3.05) is 18.5 Å². The maximum absolute atomic E-state index is 11.7. The Morgan fingerprint density at radius 3 is 2.29 bits per heavy atom. The molecule has 1 aromatic rings. The van der Waals surface area contributed by atoms with Crippen molar-refractivity contribution in [2.24, 2.45) is 0 Å². The first-order valence-corrected chi connectivity index (χ1v) is 6.43. The summed E-state index contributed by atoms with van der Waals surface area (Å²) in [6.45, 7) is 2.95. The van der Waals surface area contributed by atoms with Crippen LogP contribution in [0.25, 0.3) is 0 Å². The van der Waals surface area contributed by atoms with Crippen LogP contribution in [0.5, 0.6) is 0 Å². The molecule has 0 radical (unpaired) electrons. The molecule has 0 heterocycles. The van der Waals surface area contributed by atoms with Gasteiger partial charge in [0.25, 0.3) is 0 Å². The number of hydrogen-bond donors (Lipinski definition) is 3. The number of hydrogen-bond acceptors (Lipinski definition) is 4. The Labute approximate surface area is 122 Å². The largest absolute Gasteiger partial charge is 0.395 e. The topological polar surface area (TPSA) is 95.5 Å². The molecule has 0 spiro atoms. The summed E-state index contributed by atoms with van der Waals surface area (Å²) in [7, 11) is 0. The Kier molecular flexibility index (Phi) is 6.29. The number of amides is 2. The average Bonchev–Trinajstić information content (AvgIpc) is 2.45. The van der Waals surface area contributed by atoms with Crippen molar-refractivity contribution in [3.05, 3.63) is 41.5 Å². The normalized spacial score (nSPS) is 10.9. The van der Waals surface area contributed by atoms with Crippen LogP contribution in [0.4, 0.5) is 5.69 Å². The molecule has 0 aromatic heterocycles. The third-order valence-corrected chi connectivity index (χ3v) is 2.66. The summed E-state index contributed by atoms with van der Waals surface area (Å²) in [4.78, 5) is 34.4. The molecular weight excluding hydrogens is 272 g/mol. The van der Waals surface area contributed by atoms with Crippen LogP contribution < -0.4 is 10.6 Å². The SMILES string of the molecule is CC(=O)c1ccc(NC(=O)/C=C(/C)C(=O)NCCO)cc1. The number of nitrogens with one attached hydrogen (secondary N) is 2. The molecule has 21 heavy (non-hydrogen) atoms. The van der Waals surface area contributed by atoms with Crippen molar-refractivity contribution in [3.8, 4) is 0 Å². The second kappa shape index (κ2) is 7.96. The number of ketones is 1. The third kappa shape index (κ3) is 5.58. The molecule has 3 N–H and O–H groups in total. The molecule has 0 aliphatic rings. The van der Waals surface area contributed by atoms with Crippen molar-refractivity contribution < 1.29 is 19.5 Å². The van der Waals surface area contributed by atoms with Crippen LogP contribution in [0.1, 0.15) is 24.2 Å². The Bertz CT molecular complexity index is 562. The fraction of sp³-hybridized carbons (Fsp3) is 0.267. The Hall–Kier alpha value is -2.47. The minimum absolute atomic E-state index is 0.0517. The first-order chi connectivity index (χ1) is 9.93. The predicted molar refractivity (Wildman–Crippen MR) is 78.9 cm³/mol. The lowest BCUT2D eigenvalue weighted by molar-refractivity contribution is -0.118. The van der Waals surface area contributed by atoms with Gasteiger partial charge in [0.1, 0.15) is 0 Å². The number of carbonyl (C=O) groups excluding carboxylic acids is 3. The number of rotatable bonds is 6. The molecule has 112 valence electrons. The monoisotopic (exact) mass is 290 g/mol. The van der Waals surface area contributed by atoms with Crippen molar-refractivity contribution in [1.29, 1.82) is 0 Å². The summed E-state index contributed by atoms with van der Waals surface area (Å²) in [5, 5.41) is 13.6. The molecule has 0 bridgehead atoms. The minimum atomic E-state index is -0.442.